The van der Waals surface area contributed by atoms with Crippen molar-refractivity contribution in [1.29, 1.82) is 0 Å². The van der Waals surface area contributed by atoms with Crippen LogP contribution in [-0.2, 0) is 27.4 Å². The predicted molar refractivity (Wildman–Crippen MR) is 130 cm³/mol. The molecule has 1 unspecified atom stereocenters. The van der Waals surface area contributed by atoms with Crippen LogP contribution in [0.1, 0.15) is 55.0 Å². The van der Waals surface area contributed by atoms with Crippen LogP contribution in [0, 0.1) is 5.82 Å². The minimum atomic E-state index is -4.70. The lowest BCUT2D eigenvalue weighted by Crippen LogP contribution is -2.42. The fourth-order valence-corrected chi connectivity index (χ4v) is 6.55. The van der Waals surface area contributed by atoms with E-state index in [1.54, 1.807) is 0 Å². The number of hydrogen-bond donors (Lipinski definition) is 2. The quantitative estimate of drug-likeness (QED) is 0.311. The summed E-state index contributed by atoms with van der Waals surface area (Å²) < 4.78 is 86.1. The number of carbonyl (C=O) groups is 1. The summed E-state index contributed by atoms with van der Waals surface area (Å²) in [5.41, 5.74) is -0.884. The Hall–Kier alpha value is -2.84. The lowest BCUT2D eigenvalue weighted by molar-refractivity contribution is -0.139. The van der Waals surface area contributed by atoms with Gasteiger partial charge in [0.05, 0.1) is 16.0 Å². The highest BCUT2D eigenvalue weighted by Crippen LogP contribution is 2.34. The van der Waals surface area contributed by atoms with E-state index in [0.717, 1.165) is 44.2 Å². The van der Waals surface area contributed by atoms with Crippen molar-refractivity contribution in [3.63, 3.8) is 0 Å². The van der Waals surface area contributed by atoms with Crippen molar-refractivity contribution in [2.75, 3.05) is 0 Å². The largest absolute Gasteiger partial charge is 0.480 e. The fraction of sp³-hybridized carbons (Fsp3) is 0.375. The Labute approximate surface area is 223 Å². The van der Waals surface area contributed by atoms with E-state index in [1.807, 2.05) is 4.72 Å². The molecule has 1 fully saturated rings. The van der Waals surface area contributed by atoms with Crippen LogP contribution in [0.4, 0.5) is 17.6 Å². The maximum Gasteiger partial charge on any atom is 0.416 e. The first kappa shape index (κ1) is 28.2. The molecule has 1 saturated carbocycles. The van der Waals surface area contributed by atoms with E-state index in [1.165, 1.54) is 12.1 Å². The normalized spacial score (nSPS) is 15.9. The molecule has 0 bridgehead atoms. The second-order valence-corrected chi connectivity index (χ2v) is 11.5. The Bertz CT molecular complexity index is 1440. The third-order valence-corrected chi connectivity index (χ3v) is 8.70. The molecule has 14 heteroatoms. The van der Waals surface area contributed by atoms with E-state index < -0.39 is 55.4 Å². The molecule has 1 atom stereocenters. The molecule has 0 amide bonds. The average Bonchev–Trinajstić information content (AvgIpc) is 3.33. The number of nitrogens with one attached hydrogen (secondary N) is 1. The average molecular weight is 620 g/mol. The number of rotatable bonds is 8. The number of hydrogen-bond acceptors (Lipinski definition) is 6. The Balaban J connectivity index is 1.51. The Kier molecular flexibility index (Phi) is 8.23. The van der Waals surface area contributed by atoms with Crippen LogP contribution in [0.5, 0.6) is 0 Å². The van der Waals surface area contributed by atoms with Gasteiger partial charge in [-0.05, 0) is 71.1 Å². The molecule has 2 N–H and O–H groups in total. The minimum Gasteiger partial charge on any atom is -0.480 e. The molecule has 8 nitrogen and oxygen atoms in total. The van der Waals surface area contributed by atoms with Gasteiger partial charge in [-0.3, -0.25) is 4.79 Å². The molecule has 1 aliphatic carbocycles. The first-order chi connectivity index (χ1) is 17.8. The maximum absolute atomic E-state index is 14.9. The molecular formula is C24H22BrF4N3O5S. The number of aromatic nitrogens is 2. The van der Waals surface area contributed by atoms with E-state index in [4.69, 9.17) is 4.52 Å². The zero-order chi connectivity index (χ0) is 27.7. The first-order valence-electron chi connectivity index (χ1n) is 11.6. The molecule has 3 aromatic rings. The number of halogens is 5. The van der Waals surface area contributed by atoms with Crippen LogP contribution >= 0.6 is 15.9 Å². The second kappa shape index (κ2) is 11.1. The van der Waals surface area contributed by atoms with Gasteiger partial charge in [0.1, 0.15) is 11.9 Å². The van der Waals surface area contributed by atoms with Crippen molar-refractivity contribution < 1.29 is 40.4 Å². The summed E-state index contributed by atoms with van der Waals surface area (Å²) in [5.74, 6) is -1.69. The highest BCUT2D eigenvalue weighted by Gasteiger charge is 2.33. The summed E-state index contributed by atoms with van der Waals surface area (Å²) in [6.07, 6.45) is -0.0635. The molecule has 1 heterocycles. The summed E-state index contributed by atoms with van der Waals surface area (Å²) in [6, 6.07) is 3.94. The standard InChI is InChI=1S/C24H22BrF4N3O5S/c25-17-12-15(24(27,28)29)7-9-20(17)38(35,36)32-19(23(33)34)11-13-6-8-16(18(26)10-13)21-30-22(37-31-21)14-4-2-1-3-5-14/h6-10,12,14,19,32H,1-5,11H2,(H,33,34). The van der Waals surface area contributed by atoms with Crippen LogP contribution < -0.4 is 4.72 Å². The van der Waals surface area contributed by atoms with Gasteiger partial charge in [-0.25, -0.2) is 12.8 Å². The smallest absolute Gasteiger partial charge is 0.416 e. The molecule has 4 rings (SSSR count). The van der Waals surface area contributed by atoms with Crippen LogP contribution in [0.25, 0.3) is 11.4 Å². The first-order valence-corrected chi connectivity index (χ1v) is 13.9. The lowest BCUT2D eigenvalue weighted by Gasteiger charge is -2.17. The molecule has 1 aliphatic rings. The third-order valence-electron chi connectivity index (χ3n) is 6.25. The lowest BCUT2D eigenvalue weighted by atomic mass is 9.89. The number of carboxylic acids is 1. The van der Waals surface area contributed by atoms with Gasteiger partial charge in [-0.2, -0.15) is 22.9 Å². The Morgan fingerprint density at radius 3 is 2.47 bits per heavy atom. The Morgan fingerprint density at radius 1 is 1.16 bits per heavy atom. The van der Waals surface area contributed by atoms with Gasteiger partial charge in [-0.1, -0.05) is 30.5 Å². The molecule has 38 heavy (non-hydrogen) atoms. The van der Waals surface area contributed by atoms with Crippen LogP contribution in [0.15, 0.2) is 50.3 Å². The molecule has 0 spiro atoms. The minimum absolute atomic E-state index is 0.0423. The number of aliphatic carboxylic acids is 1. The molecule has 1 aromatic heterocycles. The van der Waals surface area contributed by atoms with Gasteiger partial charge in [0.15, 0.2) is 0 Å². The topological polar surface area (TPSA) is 122 Å². The highest BCUT2D eigenvalue weighted by atomic mass is 79.9. The van der Waals surface area contributed by atoms with Gasteiger partial charge >= 0.3 is 12.1 Å². The van der Waals surface area contributed by atoms with E-state index in [-0.39, 0.29) is 22.9 Å². The SMILES string of the molecule is O=C(O)C(Cc1ccc(-c2noc(C3CCCCC3)n2)c(F)c1)NS(=O)(=O)c1ccc(C(F)(F)F)cc1Br. The highest BCUT2D eigenvalue weighted by molar-refractivity contribution is 9.10. The van der Waals surface area contributed by atoms with Gasteiger partial charge in [0.25, 0.3) is 0 Å². The van der Waals surface area contributed by atoms with E-state index >= 15 is 0 Å². The van der Waals surface area contributed by atoms with Crippen LogP contribution in [0.3, 0.4) is 0 Å². The number of nitrogens with zero attached hydrogens (tertiary/aromatic N) is 2. The van der Waals surface area contributed by atoms with Crippen LogP contribution in [0.2, 0.25) is 0 Å². The molecular weight excluding hydrogens is 598 g/mol. The molecule has 0 aliphatic heterocycles. The zero-order valence-corrected chi connectivity index (χ0v) is 22.0. The summed E-state index contributed by atoms with van der Waals surface area (Å²) >= 11 is 2.80. The fourth-order valence-electron chi connectivity index (χ4n) is 4.29. The summed E-state index contributed by atoms with van der Waals surface area (Å²) in [6.45, 7) is 0. The monoisotopic (exact) mass is 619 g/mol. The Morgan fingerprint density at radius 2 is 1.87 bits per heavy atom. The number of alkyl halides is 3. The van der Waals surface area contributed by atoms with Gasteiger partial charge in [0, 0.05) is 10.4 Å². The van der Waals surface area contributed by atoms with Crippen molar-refractivity contribution in [2.45, 2.75) is 61.6 Å². The summed E-state index contributed by atoms with van der Waals surface area (Å²) in [7, 11) is -4.56. The van der Waals surface area contributed by atoms with Crippen LogP contribution in [-0.4, -0.2) is 35.7 Å². The number of sulfonamides is 1. The summed E-state index contributed by atoms with van der Waals surface area (Å²) in [4.78, 5) is 15.5. The molecule has 2 aromatic carbocycles. The maximum atomic E-state index is 14.9. The number of carboxylic acid groups (broad SMARTS) is 1. The molecule has 204 valence electrons. The van der Waals surface area contributed by atoms with E-state index in [0.29, 0.717) is 18.0 Å². The molecule has 0 radical (unpaired) electrons. The van der Waals surface area contributed by atoms with E-state index in [2.05, 4.69) is 26.1 Å². The second-order valence-electron chi connectivity index (χ2n) is 8.96. The third kappa shape index (κ3) is 6.41. The van der Waals surface area contributed by atoms with Gasteiger partial charge < -0.3 is 9.63 Å². The van der Waals surface area contributed by atoms with Crippen molar-refractivity contribution in [1.82, 2.24) is 14.9 Å². The van der Waals surface area contributed by atoms with Gasteiger partial charge in [0.2, 0.25) is 21.7 Å². The van der Waals surface area contributed by atoms with E-state index in [9.17, 15) is 35.9 Å². The van der Waals surface area contributed by atoms with Gasteiger partial charge in [-0.15, -0.1) is 0 Å². The predicted octanol–water partition coefficient (Wildman–Crippen LogP) is 5.68. The zero-order valence-electron chi connectivity index (χ0n) is 19.6. The van der Waals surface area contributed by atoms with Crippen molar-refractivity contribution in [2.24, 2.45) is 0 Å². The van der Waals surface area contributed by atoms with Crippen molar-refractivity contribution >= 4 is 31.9 Å². The summed E-state index contributed by atoms with van der Waals surface area (Å²) in [5, 5.41) is 13.4. The van der Waals surface area contributed by atoms with Crippen molar-refractivity contribution in [3.8, 4) is 11.4 Å². The molecule has 0 saturated heterocycles. The number of benzene rings is 2. The van der Waals surface area contributed by atoms with Crippen molar-refractivity contribution in [3.05, 3.63) is 63.7 Å².